The molecule has 0 atom stereocenters. The molecule has 0 bridgehead atoms. The Hall–Kier alpha value is 0.279. The fourth-order valence-corrected chi connectivity index (χ4v) is 11.0. The van der Waals surface area contributed by atoms with Gasteiger partial charge in [0.15, 0.2) is 0 Å². The van der Waals surface area contributed by atoms with Crippen molar-refractivity contribution in [2.75, 3.05) is 0 Å². The maximum absolute atomic E-state index is 3.81. The van der Waals surface area contributed by atoms with Crippen LogP contribution in [0, 0.1) is 0 Å². The summed E-state index contributed by atoms with van der Waals surface area (Å²) < 4.78 is 4.65. The molecule has 13 heavy (non-hydrogen) atoms. The molecule has 0 radical (unpaired) electrons. The molecule has 0 unspecified atom stereocenters. The summed E-state index contributed by atoms with van der Waals surface area (Å²) in [5.74, 6) is 0. The van der Waals surface area contributed by atoms with Crippen LogP contribution in [0.15, 0.2) is 25.3 Å². The Morgan fingerprint density at radius 1 is 1.00 bits per heavy atom. The molecule has 0 nitrogen and oxygen atoms in total. The van der Waals surface area contributed by atoms with E-state index in [2.05, 4.69) is 32.2 Å². The predicted octanol–water partition coefficient (Wildman–Crippen LogP) is 4.17. The van der Waals surface area contributed by atoms with E-state index in [1.807, 2.05) is 0 Å². The van der Waals surface area contributed by atoms with Crippen molar-refractivity contribution in [1.82, 2.24) is 0 Å². The molecule has 0 aromatic heterocycles. The molecule has 0 aliphatic carbocycles. The standard InChI is InChI=1S/C4H9.2C4H7.Sn.H/c3*1-3-4-2;;/h1,3-4H2,2H3;2*3H,1-2,4H2;;. The van der Waals surface area contributed by atoms with Crippen LogP contribution in [0.5, 0.6) is 0 Å². The number of unbranched alkanes of at least 4 members (excludes halogenated alkanes) is 1. The van der Waals surface area contributed by atoms with E-state index in [-0.39, 0.29) is 0 Å². The number of rotatable bonds is 9. The van der Waals surface area contributed by atoms with E-state index < -0.39 is 19.8 Å². The molecule has 0 aliphatic rings. The van der Waals surface area contributed by atoms with Gasteiger partial charge < -0.3 is 0 Å². The van der Waals surface area contributed by atoms with Crippen molar-refractivity contribution in [2.24, 2.45) is 0 Å². The first kappa shape index (κ1) is 13.3. The molecule has 0 spiro atoms. The first-order chi connectivity index (χ1) is 6.35. The SMILES string of the molecule is C=CC[CH2][SnH]([CH2]CC=C)[CH2]CCC. The van der Waals surface area contributed by atoms with E-state index in [1.54, 1.807) is 4.44 Å². The zero-order valence-electron chi connectivity index (χ0n) is 9.10. The topological polar surface area (TPSA) is 0 Å². The van der Waals surface area contributed by atoms with Crippen molar-refractivity contribution in [3.8, 4) is 0 Å². The van der Waals surface area contributed by atoms with E-state index in [4.69, 9.17) is 0 Å². The Balaban J connectivity index is 3.58. The van der Waals surface area contributed by atoms with Crippen LogP contribution < -0.4 is 0 Å². The number of allylic oxidation sites excluding steroid dienone is 2. The molecule has 0 amide bonds. The first-order valence-corrected chi connectivity index (χ1v) is 12.6. The van der Waals surface area contributed by atoms with Gasteiger partial charge in [-0.2, -0.15) is 0 Å². The molecule has 0 aromatic carbocycles. The summed E-state index contributed by atoms with van der Waals surface area (Å²) in [7, 11) is 0. The zero-order chi connectivity index (χ0) is 9.94. The van der Waals surface area contributed by atoms with E-state index in [9.17, 15) is 0 Å². The number of hydrogen-bond acceptors (Lipinski definition) is 0. The van der Waals surface area contributed by atoms with Crippen LogP contribution >= 0.6 is 0 Å². The maximum atomic E-state index is 3.81. The van der Waals surface area contributed by atoms with Gasteiger partial charge in [0.1, 0.15) is 0 Å². The molecule has 0 aromatic rings. The summed E-state index contributed by atoms with van der Waals surface area (Å²) in [5, 5.41) is 0. The molecular weight excluding hydrogens is 263 g/mol. The minimum atomic E-state index is -1.11. The zero-order valence-corrected chi connectivity index (χ0v) is 12.4. The van der Waals surface area contributed by atoms with Gasteiger partial charge in [0.25, 0.3) is 0 Å². The van der Waals surface area contributed by atoms with Gasteiger partial charge in [-0.25, -0.2) is 0 Å². The van der Waals surface area contributed by atoms with Gasteiger partial charge >= 0.3 is 91.0 Å². The van der Waals surface area contributed by atoms with Gasteiger partial charge in [-0.15, -0.1) is 0 Å². The molecule has 0 fully saturated rings. The van der Waals surface area contributed by atoms with Crippen molar-refractivity contribution in [3.05, 3.63) is 25.3 Å². The molecule has 0 N–H and O–H groups in total. The Morgan fingerprint density at radius 3 is 1.92 bits per heavy atom. The van der Waals surface area contributed by atoms with Crippen molar-refractivity contribution in [2.45, 2.75) is 45.9 Å². The summed E-state index contributed by atoms with van der Waals surface area (Å²) in [4.78, 5) is 0. The van der Waals surface area contributed by atoms with Gasteiger partial charge in [-0.3, -0.25) is 0 Å². The van der Waals surface area contributed by atoms with Crippen LogP contribution in [0.1, 0.15) is 32.6 Å². The Kier molecular flexibility index (Phi) is 10.6. The average Bonchev–Trinajstić information content (AvgIpc) is 2.17. The molecule has 0 saturated carbocycles. The molecule has 76 valence electrons. The second kappa shape index (κ2) is 10.4. The molecule has 1 heteroatoms. The molecule has 0 rings (SSSR count). The third-order valence-electron chi connectivity index (χ3n) is 2.52. The predicted molar refractivity (Wildman–Crippen MR) is 66.1 cm³/mol. The third-order valence-corrected chi connectivity index (χ3v) is 12.6. The van der Waals surface area contributed by atoms with Crippen LogP contribution in [-0.4, -0.2) is 19.8 Å². The molecule has 0 heterocycles. The molecule has 0 aliphatic heterocycles. The third kappa shape index (κ3) is 8.60. The average molecular weight is 287 g/mol. The summed E-state index contributed by atoms with van der Waals surface area (Å²) in [5.41, 5.74) is 0. The fourth-order valence-electron chi connectivity index (χ4n) is 1.63. The van der Waals surface area contributed by atoms with E-state index in [0.717, 1.165) is 0 Å². The van der Waals surface area contributed by atoms with Crippen LogP contribution in [0.4, 0.5) is 0 Å². The van der Waals surface area contributed by atoms with Crippen LogP contribution in [0.2, 0.25) is 13.3 Å². The van der Waals surface area contributed by atoms with Crippen LogP contribution in [0.3, 0.4) is 0 Å². The van der Waals surface area contributed by atoms with Crippen molar-refractivity contribution < 1.29 is 0 Å². The second-order valence-electron chi connectivity index (χ2n) is 3.74. The quantitative estimate of drug-likeness (QED) is 0.441. The van der Waals surface area contributed by atoms with Gasteiger partial charge in [-0.05, 0) is 0 Å². The van der Waals surface area contributed by atoms with E-state index in [1.165, 1.54) is 34.6 Å². The minimum absolute atomic E-state index is 1.11. The van der Waals surface area contributed by atoms with Crippen molar-refractivity contribution >= 4 is 19.8 Å². The number of hydrogen-bond donors (Lipinski definition) is 0. The van der Waals surface area contributed by atoms with Gasteiger partial charge in [0, 0.05) is 0 Å². The second-order valence-corrected chi connectivity index (χ2v) is 13.6. The Morgan fingerprint density at radius 2 is 1.54 bits per heavy atom. The summed E-state index contributed by atoms with van der Waals surface area (Å²) in [6.07, 6.45) is 9.54. The fraction of sp³-hybridized carbons (Fsp3) is 0.667. The monoisotopic (exact) mass is 288 g/mol. The van der Waals surface area contributed by atoms with E-state index >= 15 is 0 Å². The Bertz CT molecular complexity index is 117. The van der Waals surface area contributed by atoms with Gasteiger partial charge in [0.05, 0.1) is 0 Å². The molecular formula is C12H24Sn. The Labute approximate surface area is 90.9 Å². The molecule has 0 saturated heterocycles. The normalized spacial score (nSPS) is 10.3. The summed E-state index contributed by atoms with van der Waals surface area (Å²) in [6, 6.07) is 0. The van der Waals surface area contributed by atoms with E-state index in [0.29, 0.717) is 0 Å². The first-order valence-electron chi connectivity index (χ1n) is 5.56. The van der Waals surface area contributed by atoms with Crippen molar-refractivity contribution in [1.29, 1.82) is 0 Å². The summed E-state index contributed by atoms with van der Waals surface area (Å²) >= 11 is -1.11. The van der Waals surface area contributed by atoms with Gasteiger partial charge in [-0.1, -0.05) is 0 Å². The van der Waals surface area contributed by atoms with Crippen LogP contribution in [0.25, 0.3) is 0 Å². The van der Waals surface area contributed by atoms with Crippen molar-refractivity contribution in [3.63, 3.8) is 0 Å². The summed E-state index contributed by atoms with van der Waals surface area (Å²) in [6.45, 7) is 9.91. The van der Waals surface area contributed by atoms with Gasteiger partial charge in [0.2, 0.25) is 0 Å². The van der Waals surface area contributed by atoms with Crippen LogP contribution in [-0.2, 0) is 0 Å².